The molecule has 0 aliphatic heterocycles. The van der Waals surface area contributed by atoms with Gasteiger partial charge in [-0.25, -0.2) is 4.68 Å². The fourth-order valence-corrected chi connectivity index (χ4v) is 8.79. The Morgan fingerprint density at radius 2 is 1.79 bits per heavy atom. The van der Waals surface area contributed by atoms with Gasteiger partial charge < -0.3 is 15.6 Å². The van der Waals surface area contributed by atoms with E-state index in [9.17, 15) is 5.11 Å². The first-order valence-electron chi connectivity index (χ1n) is 14.5. The molecule has 2 saturated carbocycles. The molecule has 0 bridgehead atoms. The molecule has 3 aliphatic rings. The highest BCUT2D eigenvalue weighted by atomic mass is 16.5. The van der Waals surface area contributed by atoms with E-state index < -0.39 is 0 Å². The molecule has 3 aliphatic carbocycles. The van der Waals surface area contributed by atoms with E-state index in [0.717, 1.165) is 60.2 Å². The van der Waals surface area contributed by atoms with Crippen LogP contribution in [-0.4, -0.2) is 33.0 Å². The zero-order chi connectivity index (χ0) is 26.4. The van der Waals surface area contributed by atoms with Gasteiger partial charge in [-0.3, -0.25) is 4.98 Å². The van der Waals surface area contributed by atoms with E-state index in [1.807, 2.05) is 24.3 Å². The molecule has 3 N–H and O–H groups in total. The number of rotatable bonds is 6. The molecule has 1 aromatic carbocycles. The van der Waals surface area contributed by atoms with Crippen LogP contribution in [0.5, 0.6) is 11.5 Å². The maximum atomic E-state index is 10.7. The highest BCUT2D eigenvalue weighted by Crippen LogP contribution is 2.59. The van der Waals surface area contributed by atoms with Gasteiger partial charge in [-0.2, -0.15) is 5.10 Å². The zero-order valence-corrected chi connectivity index (χ0v) is 23.0. The van der Waals surface area contributed by atoms with Crippen LogP contribution in [0.25, 0.3) is 5.69 Å². The number of hydrogen-bond acceptors (Lipinski definition) is 5. The molecular formula is C32H42N4O2. The third-order valence-electron chi connectivity index (χ3n) is 10.7. The molecule has 0 amide bonds. The number of hydrogen-bond donors (Lipinski definition) is 2. The van der Waals surface area contributed by atoms with E-state index in [1.54, 1.807) is 12.4 Å². The number of benzene rings is 1. The predicted octanol–water partition coefficient (Wildman–Crippen LogP) is 5.67. The molecule has 38 heavy (non-hydrogen) atoms. The van der Waals surface area contributed by atoms with Gasteiger partial charge in [-0.1, -0.05) is 27.2 Å². The zero-order valence-electron chi connectivity index (χ0n) is 23.0. The highest BCUT2D eigenvalue weighted by molar-refractivity contribution is 5.42. The fourth-order valence-electron chi connectivity index (χ4n) is 8.79. The third kappa shape index (κ3) is 4.26. The first-order valence-corrected chi connectivity index (χ1v) is 14.5. The van der Waals surface area contributed by atoms with E-state index in [-0.39, 0.29) is 17.9 Å². The van der Waals surface area contributed by atoms with Crippen molar-refractivity contribution in [2.75, 3.05) is 13.2 Å². The Balaban J connectivity index is 1.26. The topological polar surface area (TPSA) is 86.2 Å². The molecule has 0 spiro atoms. The molecule has 2 aromatic heterocycles. The van der Waals surface area contributed by atoms with Gasteiger partial charge in [0.1, 0.15) is 11.5 Å². The second kappa shape index (κ2) is 10.1. The lowest BCUT2D eigenvalue weighted by Gasteiger charge is -2.55. The van der Waals surface area contributed by atoms with Crippen molar-refractivity contribution in [1.29, 1.82) is 0 Å². The fraction of sp³-hybridized carbons (Fsp3) is 0.562. The number of nitrogens with two attached hydrogens (primary N) is 1. The Hall–Kier alpha value is -2.70. The quantitative estimate of drug-likeness (QED) is 0.443. The molecule has 8 atom stereocenters. The molecule has 6 rings (SSSR count). The normalized spacial score (nSPS) is 34.5. The van der Waals surface area contributed by atoms with Gasteiger partial charge in [0.05, 0.1) is 11.9 Å². The molecular weight excluding hydrogens is 472 g/mol. The van der Waals surface area contributed by atoms with Gasteiger partial charge in [0.25, 0.3) is 0 Å². The van der Waals surface area contributed by atoms with Crippen LogP contribution in [0.2, 0.25) is 0 Å². The second-order valence-corrected chi connectivity index (χ2v) is 12.6. The number of aromatic nitrogens is 3. The van der Waals surface area contributed by atoms with Crippen LogP contribution < -0.4 is 10.5 Å². The van der Waals surface area contributed by atoms with Crippen molar-refractivity contribution < 1.29 is 9.84 Å². The summed E-state index contributed by atoms with van der Waals surface area (Å²) >= 11 is 0. The average molecular weight is 515 g/mol. The molecule has 2 fully saturated rings. The van der Waals surface area contributed by atoms with Crippen molar-refractivity contribution in [3.8, 4) is 17.2 Å². The summed E-state index contributed by atoms with van der Waals surface area (Å²) in [6.45, 7) is 8.33. The summed E-state index contributed by atoms with van der Waals surface area (Å²) in [6, 6.07) is 11.8. The van der Waals surface area contributed by atoms with Crippen molar-refractivity contribution in [2.24, 2.45) is 52.6 Å². The summed E-state index contributed by atoms with van der Waals surface area (Å²) in [5, 5.41) is 15.6. The Labute approximate surface area is 226 Å². The lowest BCUT2D eigenvalue weighted by atomic mass is 9.50. The van der Waals surface area contributed by atoms with E-state index in [1.165, 1.54) is 30.5 Å². The van der Waals surface area contributed by atoms with Crippen LogP contribution in [0, 0.1) is 46.8 Å². The van der Waals surface area contributed by atoms with Gasteiger partial charge in [-0.05, 0) is 121 Å². The van der Waals surface area contributed by atoms with E-state index in [4.69, 9.17) is 15.6 Å². The van der Waals surface area contributed by atoms with Crippen LogP contribution in [0.1, 0.15) is 51.3 Å². The van der Waals surface area contributed by atoms with E-state index in [2.05, 4.69) is 48.8 Å². The standard InChI is InChI=1S/C32H42N4O2/c1-20-4-9-27-28(17-33)29(14-21(2)31(20)27)32(3)16-22-18-35-36(30(22)15-23(32)19-37)24-5-7-25(8-6-24)38-26-10-12-34-13-11-26/h5-8,10-13,18,20-21,23,27-29,31,37H,4,9,14-17,19,33H2,1-3H3/t20-,21+,23+,27+,28-,29-,31+,32-/m0/s1. The summed E-state index contributed by atoms with van der Waals surface area (Å²) in [4.78, 5) is 4.04. The molecule has 0 saturated heterocycles. The average Bonchev–Trinajstić information content (AvgIpc) is 3.52. The molecule has 202 valence electrons. The molecule has 6 nitrogen and oxygen atoms in total. The summed E-state index contributed by atoms with van der Waals surface area (Å²) in [5.41, 5.74) is 10.1. The Kier molecular flexibility index (Phi) is 6.81. The molecule has 3 aromatic rings. The molecule has 0 radical (unpaired) electrons. The smallest absolute Gasteiger partial charge is 0.130 e. The van der Waals surface area contributed by atoms with Crippen LogP contribution in [-0.2, 0) is 12.8 Å². The number of pyridine rings is 1. The van der Waals surface area contributed by atoms with Crippen molar-refractivity contribution in [3.63, 3.8) is 0 Å². The second-order valence-electron chi connectivity index (χ2n) is 12.6. The maximum absolute atomic E-state index is 10.7. The lowest BCUT2D eigenvalue weighted by Crippen LogP contribution is -2.53. The first kappa shape index (κ1) is 25.6. The van der Waals surface area contributed by atoms with Crippen LogP contribution >= 0.6 is 0 Å². The monoisotopic (exact) mass is 514 g/mol. The third-order valence-corrected chi connectivity index (χ3v) is 10.7. The molecule has 0 unspecified atom stereocenters. The van der Waals surface area contributed by atoms with Crippen molar-refractivity contribution in [1.82, 2.24) is 14.8 Å². The maximum Gasteiger partial charge on any atom is 0.130 e. The van der Waals surface area contributed by atoms with Gasteiger partial charge in [0.2, 0.25) is 0 Å². The number of ether oxygens (including phenoxy) is 1. The summed E-state index contributed by atoms with van der Waals surface area (Å²) in [6.07, 6.45) is 11.2. The largest absolute Gasteiger partial charge is 0.457 e. The van der Waals surface area contributed by atoms with Crippen LogP contribution in [0.4, 0.5) is 0 Å². The number of fused-ring (bicyclic) bond motifs is 2. The summed E-state index contributed by atoms with van der Waals surface area (Å²) < 4.78 is 8.01. The minimum atomic E-state index is 0.0208. The highest BCUT2D eigenvalue weighted by Gasteiger charge is 2.55. The first-order chi connectivity index (χ1) is 18.4. The SMILES string of the molecule is C[C@@H]1C[C@H]([C@@]2(C)Cc3cnn(-c4ccc(Oc5ccncc5)cc4)c3C[C@@H]2CO)[C@@H](CN)[C@H]2CC[C@H](C)[C@@H]21. The van der Waals surface area contributed by atoms with Gasteiger partial charge in [-0.15, -0.1) is 0 Å². The number of aliphatic hydroxyl groups is 1. The molecule has 2 heterocycles. The van der Waals surface area contributed by atoms with Crippen molar-refractivity contribution >= 4 is 0 Å². The summed E-state index contributed by atoms with van der Waals surface area (Å²) in [7, 11) is 0. The Morgan fingerprint density at radius 1 is 1.05 bits per heavy atom. The Morgan fingerprint density at radius 3 is 2.50 bits per heavy atom. The van der Waals surface area contributed by atoms with Gasteiger partial charge >= 0.3 is 0 Å². The lowest BCUT2D eigenvalue weighted by molar-refractivity contribution is -0.0607. The summed E-state index contributed by atoms with van der Waals surface area (Å²) in [5.74, 6) is 5.89. The predicted molar refractivity (Wildman–Crippen MR) is 149 cm³/mol. The van der Waals surface area contributed by atoms with Gasteiger partial charge in [0, 0.05) is 24.7 Å². The van der Waals surface area contributed by atoms with Crippen LogP contribution in [0.3, 0.4) is 0 Å². The van der Waals surface area contributed by atoms with Gasteiger partial charge in [0.15, 0.2) is 0 Å². The number of nitrogens with zero attached hydrogens (tertiary/aromatic N) is 3. The van der Waals surface area contributed by atoms with Crippen molar-refractivity contribution in [3.05, 3.63) is 66.2 Å². The van der Waals surface area contributed by atoms with E-state index >= 15 is 0 Å². The Bertz CT molecular complexity index is 1240. The minimum absolute atomic E-state index is 0.0208. The van der Waals surface area contributed by atoms with Crippen LogP contribution in [0.15, 0.2) is 55.0 Å². The molecule has 6 heteroatoms. The minimum Gasteiger partial charge on any atom is -0.457 e. The van der Waals surface area contributed by atoms with Crippen molar-refractivity contribution in [2.45, 2.75) is 52.9 Å². The number of aliphatic hydroxyl groups excluding tert-OH is 1. The van der Waals surface area contributed by atoms with E-state index in [0.29, 0.717) is 11.8 Å².